The number of carbonyl (C=O) groups excluding carboxylic acids is 2. The van der Waals surface area contributed by atoms with E-state index in [1.807, 2.05) is 31.2 Å². The maximum atomic E-state index is 11.8. The van der Waals surface area contributed by atoms with Gasteiger partial charge in [0.05, 0.1) is 6.61 Å². The van der Waals surface area contributed by atoms with Gasteiger partial charge < -0.3 is 14.8 Å². The molecule has 0 atom stereocenters. The average molecular weight is 345 g/mol. The summed E-state index contributed by atoms with van der Waals surface area (Å²) in [6.45, 7) is 4.53. The van der Waals surface area contributed by atoms with Crippen LogP contribution in [0.15, 0.2) is 30.3 Å². The van der Waals surface area contributed by atoms with E-state index in [4.69, 9.17) is 9.47 Å². The number of nitrogens with one attached hydrogen (secondary N) is 1. The number of hydrogen-bond donors (Lipinski definition) is 1. The van der Waals surface area contributed by atoms with Crippen molar-refractivity contribution >= 4 is 18.0 Å². The first-order chi connectivity index (χ1) is 12.1. The summed E-state index contributed by atoms with van der Waals surface area (Å²) in [6, 6.07) is 7.60. The van der Waals surface area contributed by atoms with E-state index >= 15 is 0 Å². The van der Waals surface area contributed by atoms with Crippen molar-refractivity contribution in [2.45, 2.75) is 45.6 Å². The average Bonchev–Trinajstić information content (AvgIpc) is 2.61. The minimum atomic E-state index is -0.527. The summed E-state index contributed by atoms with van der Waals surface area (Å²) in [7, 11) is 0. The molecule has 1 aromatic carbocycles. The summed E-state index contributed by atoms with van der Waals surface area (Å²) in [5.41, 5.74) is 0.862. The van der Waals surface area contributed by atoms with Gasteiger partial charge in [0.1, 0.15) is 5.75 Å². The monoisotopic (exact) mass is 345 g/mol. The maximum Gasteiger partial charge on any atom is 0.331 e. The lowest BCUT2D eigenvalue weighted by Gasteiger charge is -2.26. The van der Waals surface area contributed by atoms with E-state index in [2.05, 4.69) is 12.2 Å². The molecule has 0 bridgehead atoms. The van der Waals surface area contributed by atoms with Gasteiger partial charge in [-0.05, 0) is 62.3 Å². The molecule has 0 saturated heterocycles. The van der Waals surface area contributed by atoms with E-state index in [0.717, 1.165) is 42.9 Å². The molecule has 0 aliphatic heterocycles. The van der Waals surface area contributed by atoms with Gasteiger partial charge in [-0.3, -0.25) is 4.79 Å². The van der Waals surface area contributed by atoms with Crippen molar-refractivity contribution in [1.82, 2.24) is 5.32 Å². The number of benzene rings is 1. The van der Waals surface area contributed by atoms with Crippen LogP contribution >= 0.6 is 0 Å². The lowest BCUT2D eigenvalue weighted by molar-refractivity contribution is -0.144. The Hall–Kier alpha value is -2.30. The second-order valence-electron chi connectivity index (χ2n) is 6.47. The number of carbonyl (C=O) groups is 2. The highest BCUT2D eigenvalue weighted by molar-refractivity contribution is 5.89. The van der Waals surface area contributed by atoms with Crippen molar-refractivity contribution in [1.29, 1.82) is 0 Å². The Morgan fingerprint density at radius 3 is 2.48 bits per heavy atom. The molecule has 136 valence electrons. The Morgan fingerprint density at radius 2 is 1.84 bits per heavy atom. The highest BCUT2D eigenvalue weighted by Gasteiger charge is 2.19. The fraction of sp³-hybridized carbons (Fsp3) is 0.500. The highest BCUT2D eigenvalue weighted by Crippen LogP contribution is 2.23. The van der Waals surface area contributed by atoms with E-state index in [0.29, 0.717) is 6.61 Å². The zero-order valence-electron chi connectivity index (χ0n) is 15.0. The lowest BCUT2D eigenvalue weighted by Crippen LogP contribution is -2.39. The zero-order chi connectivity index (χ0) is 18.1. The van der Waals surface area contributed by atoms with Crippen LogP contribution in [0.3, 0.4) is 0 Å². The van der Waals surface area contributed by atoms with Crippen molar-refractivity contribution < 1.29 is 19.1 Å². The summed E-state index contributed by atoms with van der Waals surface area (Å²) in [5, 5.41) is 2.93. The SMILES string of the molecule is CCOc1ccc(/C=C/C(=O)OCC(=O)NC2CCC(C)CC2)cc1. The van der Waals surface area contributed by atoms with Crippen molar-refractivity contribution in [3.8, 4) is 5.75 Å². The molecule has 0 unspecified atom stereocenters. The summed E-state index contributed by atoms with van der Waals surface area (Å²) < 4.78 is 10.3. The van der Waals surface area contributed by atoms with Crippen molar-refractivity contribution in [3.63, 3.8) is 0 Å². The van der Waals surface area contributed by atoms with Gasteiger partial charge in [0, 0.05) is 12.1 Å². The molecule has 0 spiro atoms. The molecule has 25 heavy (non-hydrogen) atoms. The van der Waals surface area contributed by atoms with Gasteiger partial charge in [-0.1, -0.05) is 19.1 Å². The predicted molar refractivity (Wildman–Crippen MR) is 97.2 cm³/mol. The maximum absolute atomic E-state index is 11.8. The molecular formula is C20H27NO4. The van der Waals surface area contributed by atoms with Gasteiger partial charge in [0.15, 0.2) is 6.61 Å². The molecule has 5 nitrogen and oxygen atoms in total. The first-order valence-corrected chi connectivity index (χ1v) is 8.94. The fourth-order valence-corrected chi connectivity index (χ4v) is 2.86. The molecule has 5 heteroatoms. The van der Waals surface area contributed by atoms with E-state index in [9.17, 15) is 9.59 Å². The van der Waals surface area contributed by atoms with Gasteiger partial charge in [0.25, 0.3) is 5.91 Å². The summed E-state index contributed by atoms with van der Waals surface area (Å²) in [4.78, 5) is 23.6. The summed E-state index contributed by atoms with van der Waals surface area (Å²) in [6.07, 6.45) is 7.24. The standard InChI is InChI=1S/C20H27NO4/c1-3-24-18-11-6-16(7-12-18)8-13-20(23)25-14-19(22)21-17-9-4-15(2)5-10-17/h6-8,11-13,15,17H,3-5,9-10,14H2,1-2H3,(H,21,22)/b13-8+. The Morgan fingerprint density at radius 1 is 1.16 bits per heavy atom. The lowest BCUT2D eigenvalue weighted by atomic mass is 9.87. The van der Waals surface area contributed by atoms with Crippen LogP contribution in [0, 0.1) is 5.92 Å². The Labute approximate surface area is 149 Å². The first-order valence-electron chi connectivity index (χ1n) is 8.94. The number of esters is 1. The van der Waals surface area contributed by atoms with Crippen LogP contribution in [0.25, 0.3) is 6.08 Å². The minimum Gasteiger partial charge on any atom is -0.494 e. The molecule has 1 N–H and O–H groups in total. The third-order valence-corrected chi connectivity index (χ3v) is 4.33. The fourth-order valence-electron chi connectivity index (χ4n) is 2.86. The Bertz CT molecular complexity index is 586. The Balaban J connectivity index is 1.69. The normalized spacial score (nSPS) is 20.2. The summed E-state index contributed by atoms with van der Waals surface area (Å²) >= 11 is 0. The van der Waals surface area contributed by atoms with Gasteiger partial charge in [-0.2, -0.15) is 0 Å². The molecule has 2 rings (SSSR count). The van der Waals surface area contributed by atoms with Crippen LogP contribution in [0.2, 0.25) is 0 Å². The smallest absolute Gasteiger partial charge is 0.331 e. The summed E-state index contributed by atoms with van der Waals surface area (Å²) in [5.74, 6) is 0.762. The van der Waals surface area contributed by atoms with Crippen LogP contribution in [-0.2, 0) is 14.3 Å². The highest BCUT2D eigenvalue weighted by atomic mass is 16.5. The number of amides is 1. The molecule has 1 aromatic rings. The van der Waals surface area contributed by atoms with Crippen LogP contribution in [0.4, 0.5) is 0 Å². The number of rotatable bonds is 7. The molecule has 1 amide bonds. The molecule has 1 saturated carbocycles. The predicted octanol–water partition coefficient (Wildman–Crippen LogP) is 3.34. The largest absolute Gasteiger partial charge is 0.494 e. The van der Waals surface area contributed by atoms with Crippen LogP contribution in [-0.4, -0.2) is 31.1 Å². The van der Waals surface area contributed by atoms with E-state index in [1.54, 1.807) is 6.08 Å². The van der Waals surface area contributed by atoms with E-state index in [1.165, 1.54) is 6.08 Å². The first kappa shape index (κ1) is 19.0. The molecule has 1 fully saturated rings. The third-order valence-electron chi connectivity index (χ3n) is 4.33. The zero-order valence-corrected chi connectivity index (χ0v) is 15.0. The third kappa shape index (κ3) is 6.99. The number of hydrogen-bond acceptors (Lipinski definition) is 4. The van der Waals surface area contributed by atoms with Gasteiger partial charge in [0.2, 0.25) is 0 Å². The van der Waals surface area contributed by atoms with Crippen molar-refractivity contribution in [2.24, 2.45) is 5.92 Å². The van der Waals surface area contributed by atoms with Crippen LogP contribution < -0.4 is 10.1 Å². The molecule has 1 aliphatic carbocycles. The molecule has 0 heterocycles. The molecule has 0 aromatic heterocycles. The molecular weight excluding hydrogens is 318 g/mol. The van der Waals surface area contributed by atoms with Crippen LogP contribution in [0.5, 0.6) is 5.75 Å². The second-order valence-corrected chi connectivity index (χ2v) is 6.47. The van der Waals surface area contributed by atoms with Crippen LogP contribution in [0.1, 0.15) is 45.1 Å². The van der Waals surface area contributed by atoms with Gasteiger partial charge in [-0.25, -0.2) is 4.79 Å². The van der Waals surface area contributed by atoms with E-state index < -0.39 is 5.97 Å². The van der Waals surface area contributed by atoms with Gasteiger partial charge >= 0.3 is 5.97 Å². The minimum absolute atomic E-state index is 0.210. The van der Waals surface area contributed by atoms with Crippen molar-refractivity contribution in [3.05, 3.63) is 35.9 Å². The van der Waals surface area contributed by atoms with Crippen molar-refractivity contribution in [2.75, 3.05) is 13.2 Å². The molecule has 1 aliphatic rings. The molecule has 0 radical (unpaired) electrons. The quantitative estimate of drug-likeness (QED) is 0.608. The van der Waals surface area contributed by atoms with E-state index in [-0.39, 0.29) is 18.6 Å². The topological polar surface area (TPSA) is 64.6 Å². The van der Waals surface area contributed by atoms with Gasteiger partial charge in [-0.15, -0.1) is 0 Å². The Kier molecular flexibility index (Phi) is 7.51. The number of ether oxygens (including phenoxy) is 2. The second kappa shape index (κ2) is 9.87.